The van der Waals surface area contributed by atoms with Crippen LogP contribution in [0.4, 0.5) is 13.2 Å². The maximum atomic E-state index is 14.0. The molecule has 0 bridgehead atoms. The fourth-order valence-electron chi connectivity index (χ4n) is 4.09. The molecule has 144 valence electrons. The van der Waals surface area contributed by atoms with Crippen LogP contribution in [0.3, 0.4) is 0 Å². The van der Waals surface area contributed by atoms with Crippen molar-refractivity contribution in [1.29, 1.82) is 5.41 Å². The minimum Gasteiger partial charge on any atom is -0.308 e. The molecule has 0 aromatic heterocycles. The van der Waals surface area contributed by atoms with Gasteiger partial charge in [0, 0.05) is 6.21 Å². The van der Waals surface area contributed by atoms with Gasteiger partial charge in [0.2, 0.25) is 0 Å². The Labute approximate surface area is 159 Å². The molecule has 0 saturated heterocycles. The van der Waals surface area contributed by atoms with E-state index >= 15 is 0 Å². The molecule has 2 aromatic carbocycles. The Morgan fingerprint density at radius 1 is 0.889 bits per heavy atom. The van der Waals surface area contributed by atoms with E-state index in [1.165, 1.54) is 12.3 Å². The number of fused-ring (bicyclic) bond motifs is 1. The lowest BCUT2D eigenvalue weighted by Crippen LogP contribution is -2.34. The third-order valence-corrected chi connectivity index (χ3v) is 6.01. The first kappa shape index (κ1) is 19.7. The first-order valence-electron chi connectivity index (χ1n) is 9.24. The van der Waals surface area contributed by atoms with Gasteiger partial charge in [-0.25, -0.2) is 0 Å². The third-order valence-electron chi connectivity index (χ3n) is 6.01. The van der Waals surface area contributed by atoms with Gasteiger partial charge in [-0.15, -0.1) is 0 Å². The van der Waals surface area contributed by atoms with Crippen LogP contribution < -0.4 is 0 Å². The molecule has 0 atom stereocenters. The van der Waals surface area contributed by atoms with Crippen LogP contribution in [0.15, 0.2) is 30.3 Å². The van der Waals surface area contributed by atoms with E-state index in [1.54, 1.807) is 24.3 Å². The average molecular weight is 373 g/mol. The molecule has 1 nitrogen and oxygen atoms in total. The summed E-state index contributed by atoms with van der Waals surface area (Å²) in [5, 5.41) is 7.47. The number of benzene rings is 2. The Morgan fingerprint density at radius 3 is 1.96 bits per heavy atom. The molecule has 0 unspecified atom stereocenters. The lowest BCUT2D eigenvalue weighted by Gasteiger charge is -2.42. The number of rotatable bonds is 2. The fourth-order valence-corrected chi connectivity index (χ4v) is 4.09. The summed E-state index contributed by atoms with van der Waals surface area (Å²) in [6.07, 6.45) is -1.46. The number of hydrogen-bond donors (Lipinski definition) is 1. The maximum Gasteiger partial charge on any atom is 0.417 e. The van der Waals surface area contributed by atoms with Gasteiger partial charge in [-0.1, -0.05) is 39.8 Å². The van der Waals surface area contributed by atoms with Gasteiger partial charge in [0.05, 0.1) is 5.56 Å². The largest absolute Gasteiger partial charge is 0.417 e. The molecule has 2 aromatic rings. The topological polar surface area (TPSA) is 23.9 Å². The minimum absolute atomic E-state index is 0.170. The molecule has 0 aliphatic heterocycles. The van der Waals surface area contributed by atoms with E-state index in [-0.39, 0.29) is 16.4 Å². The van der Waals surface area contributed by atoms with Crippen LogP contribution in [0, 0.1) is 12.3 Å². The highest BCUT2D eigenvalue weighted by Crippen LogP contribution is 2.50. The normalized spacial score (nSPS) is 18.1. The number of hydrogen-bond acceptors (Lipinski definition) is 1. The molecular weight excluding hydrogens is 347 g/mol. The van der Waals surface area contributed by atoms with Crippen molar-refractivity contribution in [2.45, 2.75) is 64.5 Å². The summed E-state index contributed by atoms with van der Waals surface area (Å²) in [7, 11) is 0. The van der Waals surface area contributed by atoms with E-state index in [2.05, 4.69) is 13.8 Å². The Bertz CT molecular complexity index is 905. The van der Waals surface area contributed by atoms with E-state index < -0.39 is 11.7 Å². The standard InChI is InChI=1S/C23H26F3N/c1-14-6-7-15(13-27)10-16(14)17-11-19-20(12-18(17)23(24,25)26)22(4,5)9-8-21(19,2)3/h6-7,10-13,27H,8-9H2,1-5H3. The van der Waals surface area contributed by atoms with Crippen molar-refractivity contribution in [1.82, 2.24) is 0 Å². The second-order valence-electron chi connectivity index (χ2n) is 8.93. The molecule has 1 aliphatic rings. The third kappa shape index (κ3) is 3.42. The zero-order valence-corrected chi connectivity index (χ0v) is 16.5. The SMILES string of the molecule is Cc1ccc(C=N)cc1-c1cc2c(cc1C(F)(F)F)C(C)(C)CCC2(C)C. The molecule has 27 heavy (non-hydrogen) atoms. The zero-order chi connectivity index (χ0) is 20.2. The van der Waals surface area contributed by atoms with Crippen molar-refractivity contribution in [2.24, 2.45) is 0 Å². The van der Waals surface area contributed by atoms with Crippen LogP contribution in [0.2, 0.25) is 0 Å². The molecule has 0 heterocycles. The van der Waals surface area contributed by atoms with Crippen molar-refractivity contribution in [3.63, 3.8) is 0 Å². The van der Waals surface area contributed by atoms with Crippen LogP contribution in [-0.2, 0) is 17.0 Å². The van der Waals surface area contributed by atoms with Crippen LogP contribution in [0.25, 0.3) is 11.1 Å². The molecule has 4 heteroatoms. The lowest BCUT2D eigenvalue weighted by molar-refractivity contribution is -0.137. The summed E-state index contributed by atoms with van der Waals surface area (Å²) >= 11 is 0. The van der Waals surface area contributed by atoms with Crippen molar-refractivity contribution in [3.8, 4) is 11.1 Å². The summed E-state index contributed by atoms with van der Waals surface area (Å²) < 4.78 is 42.1. The van der Waals surface area contributed by atoms with Gasteiger partial charge < -0.3 is 5.41 Å². The van der Waals surface area contributed by atoms with Gasteiger partial charge in [-0.05, 0) is 82.2 Å². The molecule has 0 amide bonds. The van der Waals surface area contributed by atoms with Crippen LogP contribution >= 0.6 is 0 Å². The lowest BCUT2D eigenvalue weighted by atomic mass is 9.62. The van der Waals surface area contributed by atoms with Crippen LogP contribution in [0.1, 0.15) is 68.4 Å². The first-order valence-corrected chi connectivity index (χ1v) is 9.24. The number of nitrogens with one attached hydrogen (secondary N) is 1. The molecule has 0 spiro atoms. The molecule has 1 N–H and O–H groups in total. The molecular formula is C23H26F3N. The van der Waals surface area contributed by atoms with Gasteiger partial charge in [0.25, 0.3) is 0 Å². The second-order valence-corrected chi connectivity index (χ2v) is 8.93. The van der Waals surface area contributed by atoms with E-state index in [9.17, 15) is 13.2 Å². The van der Waals surface area contributed by atoms with E-state index in [0.717, 1.165) is 29.5 Å². The highest BCUT2D eigenvalue weighted by Gasteiger charge is 2.42. The quantitative estimate of drug-likeness (QED) is 0.547. The summed E-state index contributed by atoms with van der Waals surface area (Å²) in [4.78, 5) is 0. The van der Waals surface area contributed by atoms with Crippen LogP contribution in [0.5, 0.6) is 0 Å². The Hall–Kier alpha value is -2.10. The van der Waals surface area contributed by atoms with Gasteiger partial charge >= 0.3 is 6.18 Å². The van der Waals surface area contributed by atoms with Crippen LogP contribution in [-0.4, -0.2) is 6.21 Å². The fraction of sp³-hybridized carbons (Fsp3) is 0.435. The summed E-state index contributed by atoms with van der Waals surface area (Å²) in [5.74, 6) is 0. The minimum atomic E-state index is -4.44. The molecule has 0 fully saturated rings. The van der Waals surface area contributed by atoms with Gasteiger partial charge in [-0.2, -0.15) is 13.2 Å². The highest BCUT2D eigenvalue weighted by molar-refractivity contribution is 5.83. The molecule has 3 rings (SSSR count). The summed E-state index contributed by atoms with van der Waals surface area (Å²) in [6, 6.07) is 8.35. The van der Waals surface area contributed by atoms with Crippen molar-refractivity contribution < 1.29 is 13.2 Å². The van der Waals surface area contributed by atoms with Gasteiger partial charge in [0.1, 0.15) is 0 Å². The van der Waals surface area contributed by atoms with E-state index in [4.69, 9.17) is 5.41 Å². The zero-order valence-electron chi connectivity index (χ0n) is 16.5. The number of halogens is 3. The Kier molecular flexibility index (Phi) is 4.53. The Morgan fingerprint density at radius 2 is 1.44 bits per heavy atom. The van der Waals surface area contributed by atoms with Crippen molar-refractivity contribution >= 4 is 6.21 Å². The van der Waals surface area contributed by atoms with Crippen molar-refractivity contribution in [3.05, 3.63) is 58.1 Å². The van der Waals surface area contributed by atoms with E-state index in [1.807, 2.05) is 20.8 Å². The monoisotopic (exact) mass is 373 g/mol. The molecule has 1 aliphatic carbocycles. The van der Waals surface area contributed by atoms with E-state index in [0.29, 0.717) is 11.1 Å². The molecule has 0 radical (unpaired) electrons. The second kappa shape index (κ2) is 6.22. The van der Waals surface area contributed by atoms with Gasteiger partial charge in [0.15, 0.2) is 0 Å². The summed E-state index contributed by atoms with van der Waals surface area (Å²) in [5.41, 5.74) is 2.90. The predicted molar refractivity (Wildman–Crippen MR) is 105 cm³/mol. The molecule has 0 saturated carbocycles. The predicted octanol–water partition coefficient (Wildman–Crippen LogP) is 7.03. The maximum absolute atomic E-state index is 14.0. The van der Waals surface area contributed by atoms with Gasteiger partial charge in [-0.3, -0.25) is 0 Å². The number of alkyl halides is 3. The first-order chi connectivity index (χ1) is 12.4. The summed E-state index contributed by atoms with van der Waals surface area (Å²) in [6.45, 7) is 10.1. The smallest absolute Gasteiger partial charge is 0.308 e. The number of aryl methyl sites for hydroxylation is 1. The Balaban J connectivity index is 2.40. The average Bonchev–Trinajstić information content (AvgIpc) is 2.58. The highest BCUT2D eigenvalue weighted by atomic mass is 19.4. The van der Waals surface area contributed by atoms with Crippen molar-refractivity contribution in [2.75, 3.05) is 0 Å².